The summed E-state index contributed by atoms with van der Waals surface area (Å²) in [4.78, 5) is 24.4. The standard InChI is InChI=1S/C23H23BrN2O3/c1-14-11-19(12-15(2)22(14)24)25-21(27)13-29-23(28)18-7-9-20(10-8-18)26-16(3)5-6-17(26)4/h5-12H,13H2,1-4H3,(H,25,27). The van der Waals surface area contributed by atoms with E-state index < -0.39 is 5.97 Å². The maximum atomic E-state index is 12.3. The quantitative estimate of drug-likeness (QED) is 0.534. The molecule has 2 aromatic carbocycles. The minimum absolute atomic E-state index is 0.343. The van der Waals surface area contributed by atoms with Gasteiger partial charge in [0, 0.05) is 27.2 Å². The first-order chi connectivity index (χ1) is 13.8. The number of ether oxygens (including phenoxy) is 1. The third kappa shape index (κ3) is 4.77. The third-order valence-electron chi connectivity index (χ3n) is 4.69. The van der Waals surface area contributed by atoms with Gasteiger partial charge in [-0.25, -0.2) is 4.79 Å². The number of aromatic nitrogens is 1. The molecule has 6 heteroatoms. The maximum Gasteiger partial charge on any atom is 0.338 e. The minimum Gasteiger partial charge on any atom is -0.452 e. The van der Waals surface area contributed by atoms with Crippen LogP contribution in [0.1, 0.15) is 32.9 Å². The smallest absolute Gasteiger partial charge is 0.338 e. The SMILES string of the molecule is Cc1cc(NC(=O)COC(=O)c2ccc(-n3c(C)ccc3C)cc2)cc(C)c1Br. The number of anilines is 1. The topological polar surface area (TPSA) is 60.3 Å². The summed E-state index contributed by atoms with van der Waals surface area (Å²) in [5.74, 6) is -0.912. The molecule has 1 amide bonds. The first-order valence-corrected chi connectivity index (χ1v) is 10.0. The van der Waals surface area contributed by atoms with Crippen molar-refractivity contribution in [3.63, 3.8) is 0 Å². The summed E-state index contributed by atoms with van der Waals surface area (Å²) in [6.07, 6.45) is 0. The summed E-state index contributed by atoms with van der Waals surface area (Å²) in [6, 6.07) is 15.0. The normalized spacial score (nSPS) is 10.7. The molecule has 0 unspecified atom stereocenters. The summed E-state index contributed by atoms with van der Waals surface area (Å²) < 4.78 is 8.27. The molecule has 0 aliphatic rings. The molecule has 150 valence electrons. The number of amides is 1. The van der Waals surface area contributed by atoms with Crippen LogP contribution in [-0.4, -0.2) is 23.1 Å². The van der Waals surface area contributed by atoms with Gasteiger partial charge in [-0.2, -0.15) is 0 Å². The van der Waals surface area contributed by atoms with E-state index in [0.717, 1.165) is 32.7 Å². The molecule has 0 atom stereocenters. The van der Waals surface area contributed by atoms with Gasteiger partial charge in [-0.3, -0.25) is 4.79 Å². The van der Waals surface area contributed by atoms with Gasteiger partial charge in [0.15, 0.2) is 6.61 Å². The molecule has 1 N–H and O–H groups in total. The molecule has 0 fully saturated rings. The largest absolute Gasteiger partial charge is 0.452 e. The number of hydrogen-bond donors (Lipinski definition) is 1. The van der Waals surface area contributed by atoms with Gasteiger partial charge in [-0.05, 0) is 87.4 Å². The third-order valence-corrected chi connectivity index (χ3v) is 5.94. The van der Waals surface area contributed by atoms with Gasteiger partial charge < -0.3 is 14.6 Å². The molecular weight excluding hydrogens is 432 g/mol. The van der Waals surface area contributed by atoms with Crippen LogP contribution in [0.5, 0.6) is 0 Å². The Morgan fingerprint density at radius 2 is 1.48 bits per heavy atom. The Hall–Kier alpha value is -2.86. The highest BCUT2D eigenvalue weighted by Crippen LogP contribution is 2.25. The second kappa shape index (κ2) is 8.66. The summed E-state index contributed by atoms with van der Waals surface area (Å²) in [7, 11) is 0. The van der Waals surface area contributed by atoms with Crippen LogP contribution in [0.15, 0.2) is 53.0 Å². The van der Waals surface area contributed by atoms with E-state index in [9.17, 15) is 9.59 Å². The van der Waals surface area contributed by atoms with E-state index >= 15 is 0 Å². The molecule has 0 aliphatic carbocycles. The summed E-state index contributed by atoms with van der Waals surface area (Å²) in [6.45, 7) is 7.62. The Morgan fingerprint density at radius 3 is 2.03 bits per heavy atom. The number of rotatable bonds is 5. The second-order valence-corrected chi connectivity index (χ2v) is 7.84. The predicted octanol–water partition coefficient (Wildman–Crippen LogP) is 5.27. The maximum absolute atomic E-state index is 12.3. The second-order valence-electron chi connectivity index (χ2n) is 7.05. The van der Waals surface area contributed by atoms with Crippen molar-refractivity contribution < 1.29 is 14.3 Å². The van der Waals surface area contributed by atoms with Crippen LogP contribution >= 0.6 is 15.9 Å². The summed E-state index contributed by atoms with van der Waals surface area (Å²) in [5.41, 5.74) is 6.32. The monoisotopic (exact) mass is 454 g/mol. The Balaban J connectivity index is 1.60. The highest BCUT2D eigenvalue weighted by molar-refractivity contribution is 9.10. The molecule has 5 nitrogen and oxygen atoms in total. The van der Waals surface area contributed by atoms with Crippen molar-refractivity contribution >= 4 is 33.5 Å². The van der Waals surface area contributed by atoms with Gasteiger partial charge in [0.1, 0.15) is 0 Å². The number of carbonyl (C=O) groups is 2. The molecule has 0 saturated heterocycles. The Labute approximate surface area is 178 Å². The number of carbonyl (C=O) groups excluding carboxylic acids is 2. The number of aryl methyl sites for hydroxylation is 4. The van der Waals surface area contributed by atoms with Crippen molar-refractivity contribution in [1.29, 1.82) is 0 Å². The van der Waals surface area contributed by atoms with Crippen LogP contribution < -0.4 is 5.32 Å². The van der Waals surface area contributed by atoms with Gasteiger partial charge >= 0.3 is 5.97 Å². The highest BCUT2D eigenvalue weighted by Gasteiger charge is 2.12. The number of esters is 1. The van der Waals surface area contributed by atoms with Gasteiger partial charge in [0.2, 0.25) is 0 Å². The fraction of sp³-hybridized carbons (Fsp3) is 0.217. The van der Waals surface area contributed by atoms with E-state index in [4.69, 9.17) is 4.74 Å². The first kappa shape index (κ1) is 20.9. The van der Waals surface area contributed by atoms with Crippen molar-refractivity contribution in [2.75, 3.05) is 11.9 Å². The minimum atomic E-state index is -0.532. The average Bonchev–Trinajstić information content (AvgIpc) is 3.02. The molecule has 0 bridgehead atoms. The zero-order chi connectivity index (χ0) is 21.1. The lowest BCUT2D eigenvalue weighted by Crippen LogP contribution is -2.21. The molecule has 0 aliphatic heterocycles. The highest BCUT2D eigenvalue weighted by atomic mass is 79.9. The van der Waals surface area contributed by atoms with Crippen molar-refractivity contribution in [3.8, 4) is 5.69 Å². The molecule has 0 saturated carbocycles. The van der Waals surface area contributed by atoms with Gasteiger partial charge in [-0.1, -0.05) is 15.9 Å². The fourth-order valence-electron chi connectivity index (χ4n) is 3.25. The van der Waals surface area contributed by atoms with Crippen LogP contribution in [-0.2, 0) is 9.53 Å². The lowest BCUT2D eigenvalue weighted by Gasteiger charge is -2.11. The van der Waals surface area contributed by atoms with Crippen molar-refractivity contribution in [2.45, 2.75) is 27.7 Å². The molecule has 0 spiro atoms. The van der Waals surface area contributed by atoms with Gasteiger partial charge in [0.05, 0.1) is 5.56 Å². The molecule has 3 rings (SSSR count). The van der Waals surface area contributed by atoms with Crippen molar-refractivity contribution in [1.82, 2.24) is 4.57 Å². The van der Waals surface area contributed by atoms with Crippen LogP contribution in [0.25, 0.3) is 5.69 Å². The van der Waals surface area contributed by atoms with Crippen molar-refractivity contribution in [3.05, 3.63) is 81.1 Å². The predicted molar refractivity (Wildman–Crippen MR) is 118 cm³/mol. The number of nitrogens with one attached hydrogen (secondary N) is 1. The lowest BCUT2D eigenvalue weighted by atomic mass is 10.1. The Morgan fingerprint density at radius 1 is 0.931 bits per heavy atom. The molecule has 0 radical (unpaired) electrons. The van der Waals surface area contributed by atoms with E-state index in [1.807, 2.05) is 64.1 Å². The van der Waals surface area contributed by atoms with E-state index in [1.54, 1.807) is 12.1 Å². The lowest BCUT2D eigenvalue weighted by molar-refractivity contribution is -0.119. The van der Waals surface area contributed by atoms with Crippen molar-refractivity contribution in [2.24, 2.45) is 0 Å². The molecular formula is C23H23BrN2O3. The molecule has 29 heavy (non-hydrogen) atoms. The van der Waals surface area contributed by atoms with E-state index in [0.29, 0.717) is 11.3 Å². The summed E-state index contributed by atoms with van der Waals surface area (Å²) in [5, 5.41) is 2.76. The van der Waals surface area contributed by atoms with E-state index in [1.165, 1.54) is 0 Å². The number of benzene rings is 2. The molecule has 3 aromatic rings. The first-order valence-electron chi connectivity index (χ1n) is 9.25. The zero-order valence-corrected chi connectivity index (χ0v) is 18.5. The summed E-state index contributed by atoms with van der Waals surface area (Å²) >= 11 is 3.50. The van der Waals surface area contributed by atoms with E-state index in [2.05, 4.69) is 25.8 Å². The van der Waals surface area contributed by atoms with Crippen LogP contribution in [0.3, 0.4) is 0 Å². The van der Waals surface area contributed by atoms with E-state index in [-0.39, 0.29) is 12.5 Å². The van der Waals surface area contributed by atoms with Gasteiger partial charge in [-0.15, -0.1) is 0 Å². The van der Waals surface area contributed by atoms with Crippen LogP contribution in [0.4, 0.5) is 5.69 Å². The number of hydrogen-bond acceptors (Lipinski definition) is 3. The average molecular weight is 455 g/mol. The van der Waals surface area contributed by atoms with Crippen LogP contribution in [0, 0.1) is 27.7 Å². The fourth-order valence-corrected chi connectivity index (χ4v) is 3.48. The zero-order valence-electron chi connectivity index (χ0n) is 16.9. The number of nitrogens with zero attached hydrogens (tertiary/aromatic N) is 1. The molecule has 1 aromatic heterocycles. The Kier molecular flexibility index (Phi) is 6.23. The molecule has 1 heterocycles. The van der Waals surface area contributed by atoms with Crippen LogP contribution in [0.2, 0.25) is 0 Å². The number of halogens is 1. The van der Waals surface area contributed by atoms with Gasteiger partial charge in [0.25, 0.3) is 5.91 Å². The Bertz CT molecular complexity index is 1030.